The van der Waals surface area contributed by atoms with E-state index < -0.39 is 5.97 Å². The van der Waals surface area contributed by atoms with Gasteiger partial charge in [-0.3, -0.25) is 9.59 Å². The SMILES string of the molecule is C=CCOC(=O)c1c(C)nc(C)nc1C(=O)N1CCN(C(=O)c2ccc(-c3ccccc3)cc2)C(C)C1. The molecule has 2 heterocycles. The lowest BCUT2D eigenvalue weighted by molar-refractivity contribution is 0.0406. The molecule has 0 bridgehead atoms. The van der Waals surface area contributed by atoms with Gasteiger partial charge in [0.05, 0.1) is 5.69 Å². The van der Waals surface area contributed by atoms with Gasteiger partial charge < -0.3 is 14.5 Å². The lowest BCUT2D eigenvalue weighted by atomic mass is 10.0. The Morgan fingerprint density at radius 1 is 0.973 bits per heavy atom. The molecule has 0 spiro atoms. The Labute approximate surface area is 216 Å². The average molecular weight is 499 g/mol. The van der Waals surface area contributed by atoms with Crippen LogP contribution in [-0.4, -0.2) is 69.8 Å². The second-order valence-electron chi connectivity index (χ2n) is 9.01. The van der Waals surface area contributed by atoms with Crippen LogP contribution in [0.5, 0.6) is 0 Å². The third-order valence-corrected chi connectivity index (χ3v) is 6.36. The number of esters is 1. The summed E-state index contributed by atoms with van der Waals surface area (Å²) in [7, 11) is 0. The second-order valence-corrected chi connectivity index (χ2v) is 9.01. The van der Waals surface area contributed by atoms with Crippen LogP contribution in [0.2, 0.25) is 0 Å². The molecule has 8 nitrogen and oxygen atoms in total. The molecule has 190 valence electrons. The third-order valence-electron chi connectivity index (χ3n) is 6.36. The molecule has 1 saturated heterocycles. The number of aromatic nitrogens is 2. The lowest BCUT2D eigenvalue weighted by Crippen LogP contribution is -2.55. The number of hydrogen-bond acceptors (Lipinski definition) is 6. The van der Waals surface area contributed by atoms with Crippen molar-refractivity contribution in [2.45, 2.75) is 26.8 Å². The summed E-state index contributed by atoms with van der Waals surface area (Å²) in [5, 5.41) is 0. The van der Waals surface area contributed by atoms with Crippen LogP contribution in [0, 0.1) is 13.8 Å². The largest absolute Gasteiger partial charge is 0.458 e. The minimum absolute atomic E-state index is 0.0162. The Morgan fingerprint density at radius 2 is 1.65 bits per heavy atom. The molecular formula is C29H30N4O4. The highest BCUT2D eigenvalue weighted by molar-refractivity contribution is 6.04. The van der Waals surface area contributed by atoms with E-state index in [1.54, 1.807) is 23.6 Å². The molecule has 0 N–H and O–H groups in total. The minimum atomic E-state index is -0.665. The number of piperazine rings is 1. The predicted molar refractivity (Wildman–Crippen MR) is 140 cm³/mol. The quantitative estimate of drug-likeness (QED) is 0.376. The summed E-state index contributed by atoms with van der Waals surface area (Å²) < 4.78 is 5.17. The first kappa shape index (κ1) is 25.8. The molecule has 2 amide bonds. The van der Waals surface area contributed by atoms with Crippen LogP contribution in [-0.2, 0) is 4.74 Å². The third kappa shape index (κ3) is 5.58. The molecule has 3 aromatic rings. The van der Waals surface area contributed by atoms with Crippen molar-refractivity contribution < 1.29 is 19.1 Å². The van der Waals surface area contributed by atoms with Crippen molar-refractivity contribution in [3.05, 3.63) is 95.6 Å². The summed E-state index contributed by atoms with van der Waals surface area (Å²) in [6.45, 7) is 9.80. The zero-order valence-corrected chi connectivity index (χ0v) is 21.3. The molecule has 8 heteroatoms. The number of benzene rings is 2. The Bertz CT molecular complexity index is 1320. The fourth-order valence-corrected chi connectivity index (χ4v) is 4.51. The van der Waals surface area contributed by atoms with Gasteiger partial charge in [-0.25, -0.2) is 14.8 Å². The molecule has 0 saturated carbocycles. The van der Waals surface area contributed by atoms with Gasteiger partial charge in [0.1, 0.15) is 23.7 Å². The molecule has 4 rings (SSSR count). The molecule has 1 atom stereocenters. The zero-order chi connectivity index (χ0) is 26.5. The number of rotatable bonds is 6. The van der Waals surface area contributed by atoms with Gasteiger partial charge >= 0.3 is 5.97 Å². The van der Waals surface area contributed by atoms with E-state index in [1.165, 1.54) is 6.08 Å². The van der Waals surface area contributed by atoms with Crippen LogP contribution in [0.15, 0.2) is 67.3 Å². The fraction of sp³-hybridized carbons (Fsp3) is 0.276. The van der Waals surface area contributed by atoms with E-state index in [4.69, 9.17) is 4.74 Å². The zero-order valence-electron chi connectivity index (χ0n) is 21.3. The summed E-state index contributed by atoms with van der Waals surface area (Å²) in [5.74, 6) is -0.740. The number of aryl methyl sites for hydroxylation is 2. The molecule has 1 fully saturated rings. The normalized spacial score (nSPS) is 15.3. The van der Waals surface area contributed by atoms with Gasteiger partial charge in [-0.15, -0.1) is 0 Å². The van der Waals surface area contributed by atoms with Crippen LogP contribution in [0.3, 0.4) is 0 Å². The molecule has 1 aliphatic heterocycles. The monoisotopic (exact) mass is 498 g/mol. The van der Waals surface area contributed by atoms with E-state index >= 15 is 0 Å². The first-order valence-corrected chi connectivity index (χ1v) is 12.2. The maximum Gasteiger partial charge on any atom is 0.342 e. The first-order chi connectivity index (χ1) is 17.8. The van der Waals surface area contributed by atoms with Crippen LogP contribution in [0.4, 0.5) is 0 Å². The molecule has 0 aliphatic carbocycles. The Kier molecular flexibility index (Phi) is 7.77. The van der Waals surface area contributed by atoms with E-state index in [9.17, 15) is 14.4 Å². The van der Waals surface area contributed by atoms with Gasteiger partial charge in [0.15, 0.2) is 0 Å². The number of carbonyl (C=O) groups excluding carboxylic acids is 3. The second kappa shape index (κ2) is 11.2. The van der Waals surface area contributed by atoms with Gasteiger partial charge in [0.25, 0.3) is 11.8 Å². The standard InChI is InChI=1S/C29H30N4O4/c1-5-17-37-29(36)25-20(3)30-21(4)31-26(25)28(35)32-15-16-33(19(2)18-32)27(34)24-13-11-23(12-14-24)22-9-7-6-8-10-22/h5-14,19H,1,15-18H2,2-4H3. The molecule has 1 aliphatic rings. The van der Waals surface area contributed by atoms with E-state index in [0.29, 0.717) is 36.7 Å². The van der Waals surface area contributed by atoms with Crippen LogP contribution < -0.4 is 0 Å². The topological polar surface area (TPSA) is 92.7 Å². The smallest absolute Gasteiger partial charge is 0.342 e. The summed E-state index contributed by atoms with van der Waals surface area (Å²) in [5.41, 5.74) is 3.18. The number of amides is 2. The van der Waals surface area contributed by atoms with Crippen molar-refractivity contribution >= 4 is 17.8 Å². The molecule has 37 heavy (non-hydrogen) atoms. The Balaban J connectivity index is 1.48. The van der Waals surface area contributed by atoms with Crippen molar-refractivity contribution in [2.75, 3.05) is 26.2 Å². The molecule has 0 radical (unpaired) electrons. The minimum Gasteiger partial charge on any atom is -0.458 e. The predicted octanol–water partition coefficient (Wildman–Crippen LogP) is 4.09. The van der Waals surface area contributed by atoms with E-state index in [0.717, 1.165) is 11.1 Å². The van der Waals surface area contributed by atoms with Crippen molar-refractivity contribution in [3.63, 3.8) is 0 Å². The maximum atomic E-state index is 13.5. The number of carbonyl (C=O) groups is 3. The number of hydrogen-bond donors (Lipinski definition) is 0. The molecule has 2 aromatic carbocycles. The van der Waals surface area contributed by atoms with Crippen molar-refractivity contribution in [2.24, 2.45) is 0 Å². The van der Waals surface area contributed by atoms with E-state index in [2.05, 4.69) is 16.5 Å². The van der Waals surface area contributed by atoms with Crippen LogP contribution >= 0.6 is 0 Å². The van der Waals surface area contributed by atoms with Gasteiger partial charge in [-0.2, -0.15) is 0 Å². The fourth-order valence-electron chi connectivity index (χ4n) is 4.51. The highest BCUT2D eigenvalue weighted by Gasteiger charge is 2.34. The van der Waals surface area contributed by atoms with Gasteiger partial charge in [0, 0.05) is 31.2 Å². The summed E-state index contributed by atoms with van der Waals surface area (Å²) >= 11 is 0. The van der Waals surface area contributed by atoms with E-state index in [-0.39, 0.29) is 35.7 Å². The summed E-state index contributed by atoms with van der Waals surface area (Å²) in [4.78, 5) is 51.3. The summed E-state index contributed by atoms with van der Waals surface area (Å²) in [6, 6.07) is 17.3. The molecule has 1 unspecified atom stereocenters. The highest BCUT2D eigenvalue weighted by Crippen LogP contribution is 2.22. The molecular weight excluding hydrogens is 468 g/mol. The van der Waals surface area contributed by atoms with Crippen molar-refractivity contribution in [3.8, 4) is 11.1 Å². The lowest BCUT2D eigenvalue weighted by Gasteiger charge is -2.40. The first-order valence-electron chi connectivity index (χ1n) is 12.2. The van der Waals surface area contributed by atoms with Crippen molar-refractivity contribution in [1.29, 1.82) is 0 Å². The summed E-state index contributed by atoms with van der Waals surface area (Å²) in [6.07, 6.45) is 1.46. The Hall–Kier alpha value is -4.33. The van der Waals surface area contributed by atoms with Crippen LogP contribution in [0.1, 0.15) is 49.6 Å². The average Bonchev–Trinajstić information content (AvgIpc) is 2.91. The number of nitrogens with zero attached hydrogens (tertiary/aromatic N) is 4. The molecule has 1 aromatic heterocycles. The van der Waals surface area contributed by atoms with Gasteiger partial charge in [0.2, 0.25) is 0 Å². The Morgan fingerprint density at radius 3 is 2.30 bits per heavy atom. The van der Waals surface area contributed by atoms with Gasteiger partial charge in [-0.05, 0) is 44.0 Å². The van der Waals surface area contributed by atoms with E-state index in [1.807, 2.05) is 61.5 Å². The van der Waals surface area contributed by atoms with Crippen molar-refractivity contribution in [1.82, 2.24) is 19.8 Å². The number of ether oxygens (including phenoxy) is 1. The van der Waals surface area contributed by atoms with Crippen LogP contribution in [0.25, 0.3) is 11.1 Å². The maximum absolute atomic E-state index is 13.5. The highest BCUT2D eigenvalue weighted by atomic mass is 16.5. The van der Waals surface area contributed by atoms with Gasteiger partial charge in [-0.1, -0.05) is 55.1 Å².